The van der Waals surface area contributed by atoms with Gasteiger partial charge in [0.15, 0.2) is 0 Å². The van der Waals surface area contributed by atoms with Crippen molar-refractivity contribution < 1.29 is 21.9 Å². The Hall–Kier alpha value is -1.41. The number of alkyl halides is 2. The number of hydrogen-bond acceptors (Lipinski definition) is 4. The number of hydrogen-bond donors (Lipinski definition) is 2. The van der Waals surface area contributed by atoms with E-state index in [0.717, 1.165) is 12.1 Å². The molecule has 90 valence electrons. The lowest BCUT2D eigenvalue weighted by Crippen LogP contribution is -2.14. The molecule has 0 aliphatic rings. The summed E-state index contributed by atoms with van der Waals surface area (Å²) in [6, 6.07) is 3.44. The molecule has 0 saturated carbocycles. The summed E-state index contributed by atoms with van der Waals surface area (Å²) in [5.41, 5.74) is 5.24. The summed E-state index contributed by atoms with van der Waals surface area (Å²) in [7, 11) is -3.91. The highest BCUT2D eigenvalue weighted by Crippen LogP contribution is 2.23. The molecule has 0 radical (unpaired) electrons. The first-order chi connectivity index (χ1) is 7.30. The highest BCUT2D eigenvalue weighted by molar-refractivity contribution is 7.89. The molecule has 0 saturated heterocycles. The maximum Gasteiger partial charge on any atom is 0.272 e. The van der Waals surface area contributed by atoms with E-state index in [1.54, 1.807) is 0 Å². The average Bonchev–Trinajstić information content (AvgIpc) is 2.12. The van der Waals surface area contributed by atoms with Gasteiger partial charge in [0, 0.05) is 6.07 Å². The lowest BCUT2D eigenvalue weighted by molar-refractivity contribution is 0.0819. The minimum Gasteiger partial charge on any atom is -0.488 e. The largest absolute Gasteiger partial charge is 0.488 e. The Morgan fingerprint density at radius 1 is 1.38 bits per heavy atom. The Morgan fingerprint density at radius 2 is 2.00 bits per heavy atom. The van der Waals surface area contributed by atoms with Crippen LogP contribution in [0.25, 0.3) is 0 Å². The maximum atomic E-state index is 11.8. The number of benzene rings is 1. The molecule has 1 rings (SSSR count). The van der Waals surface area contributed by atoms with Crippen LogP contribution in [0.4, 0.5) is 14.5 Å². The van der Waals surface area contributed by atoms with E-state index in [1.165, 1.54) is 6.07 Å². The van der Waals surface area contributed by atoms with Crippen molar-refractivity contribution in [1.29, 1.82) is 0 Å². The van der Waals surface area contributed by atoms with Gasteiger partial charge in [-0.25, -0.2) is 22.3 Å². The van der Waals surface area contributed by atoms with Gasteiger partial charge in [-0.1, -0.05) is 0 Å². The molecule has 0 amide bonds. The van der Waals surface area contributed by atoms with E-state index in [-0.39, 0.29) is 16.3 Å². The summed E-state index contributed by atoms with van der Waals surface area (Å²) in [4.78, 5) is -0.267. The van der Waals surface area contributed by atoms with Gasteiger partial charge in [0.2, 0.25) is 10.0 Å². The zero-order chi connectivity index (χ0) is 12.3. The molecule has 0 heterocycles. The van der Waals surface area contributed by atoms with Crippen LogP contribution in [0.1, 0.15) is 0 Å². The lowest BCUT2D eigenvalue weighted by Gasteiger charge is -2.08. The summed E-state index contributed by atoms with van der Waals surface area (Å²) in [5.74, 6) is 0.0604. The topological polar surface area (TPSA) is 95.4 Å². The minimum atomic E-state index is -3.91. The van der Waals surface area contributed by atoms with E-state index in [4.69, 9.17) is 10.9 Å². The molecule has 0 bridgehead atoms. The number of primary sulfonamides is 1. The standard InChI is InChI=1S/C8H10F2N2O3S/c9-8(10)4-15-5-1-2-7(6(11)3-5)16(12,13)14/h1-3,8H,4,11H2,(H2,12,13,14). The van der Waals surface area contributed by atoms with Gasteiger partial charge >= 0.3 is 0 Å². The quantitative estimate of drug-likeness (QED) is 0.765. The molecular formula is C8H10F2N2O3S. The molecule has 0 aromatic heterocycles. The van der Waals surface area contributed by atoms with E-state index in [0.29, 0.717) is 0 Å². The smallest absolute Gasteiger partial charge is 0.272 e. The molecule has 8 heteroatoms. The van der Waals surface area contributed by atoms with Crippen LogP contribution in [0, 0.1) is 0 Å². The molecule has 0 atom stereocenters. The Labute approximate surface area is 91.0 Å². The zero-order valence-electron chi connectivity index (χ0n) is 8.06. The molecule has 1 aromatic rings. The predicted octanol–water partition coefficient (Wildman–Crippen LogP) is 0.560. The monoisotopic (exact) mass is 252 g/mol. The van der Waals surface area contributed by atoms with Crippen LogP contribution < -0.4 is 15.6 Å². The van der Waals surface area contributed by atoms with Gasteiger partial charge < -0.3 is 10.5 Å². The van der Waals surface area contributed by atoms with Crippen molar-refractivity contribution in [1.82, 2.24) is 0 Å². The lowest BCUT2D eigenvalue weighted by atomic mass is 10.3. The molecule has 0 spiro atoms. The summed E-state index contributed by atoms with van der Waals surface area (Å²) in [5, 5.41) is 4.86. The second-order valence-electron chi connectivity index (χ2n) is 2.95. The number of halogens is 2. The molecule has 16 heavy (non-hydrogen) atoms. The highest BCUT2D eigenvalue weighted by Gasteiger charge is 2.13. The number of ether oxygens (including phenoxy) is 1. The average molecular weight is 252 g/mol. The predicted molar refractivity (Wildman–Crippen MR) is 53.7 cm³/mol. The van der Waals surface area contributed by atoms with Crippen molar-refractivity contribution in [3.05, 3.63) is 18.2 Å². The first-order valence-corrected chi connectivity index (χ1v) is 5.68. The van der Waals surface area contributed by atoms with Crippen LogP contribution in [0.15, 0.2) is 23.1 Å². The van der Waals surface area contributed by atoms with Gasteiger partial charge in [-0.3, -0.25) is 0 Å². The van der Waals surface area contributed by atoms with Crippen LogP contribution >= 0.6 is 0 Å². The molecule has 0 unspecified atom stereocenters. The van der Waals surface area contributed by atoms with Gasteiger partial charge in [-0.15, -0.1) is 0 Å². The van der Waals surface area contributed by atoms with Gasteiger partial charge in [0.05, 0.1) is 5.69 Å². The van der Waals surface area contributed by atoms with Crippen molar-refractivity contribution in [2.45, 2.75) is 11.3 Å². The number of nitrogens with two attached hydrogens (primary N) is 2. The van der Waals surface area contributed by atoms with Crippen LogP contribution in [-0.2, 0) is 10.0 Å². The van der Waals surface area contributed by atoms with Crippen LogP contribution in [0.3, 0.4) is 0 Å². The first kappa shape index (κ1) is 12.7. The number of nitrogen functional groups attached to an aromatic ring is 1. The van der Waals surface area contributed by atoms with Crippen molar-refractivity contribution >= 4 is 15.7 Å². The number of sulfonamides is 1. The minimum absolute atomic E-state index is 0.0604. The van der Waals surface area contributed by atoms with Crippen LogP contribution in [0.5, 0.6) is 5.75 Å². The van der Waals surface area contributed by atoms with Gasteiger partial charge in [0.1, 0.15) is 17.3 Å². The third-order valence-corrected chi connectivity index (χ3v) is 2.65. The van der Waals surface area contributed by atoms with Gasteiger partial charge in [0.25, 0.3) is 6.43 Å². The molecule has 0 aliphatic heterocycles. The fourth-order valence-electron chi connectivity index (χ4n) is 1.03. The van der Waals surface area contributed by atoms with Crippen molar-refractivity contribution in [3.8, 4) is 5.75 Å². The van der Waals surface area contributed by atoms with Crippen LogP contribution in [0.2, 0.25) is 0 Å². The summed E-state index contributed by atoms with van der Waals surface area (Å²) >= 11 is 0. The fraction of sp³-hybridized carbons (Fsp3) is 0.250. The molecule has 0 aliphatic carbocycles. The SMILES string of the molecule is Nc1cc(OCC(F)F)ccc1S(N)(=O)=O. The molecular weight excluding hydrogens is 242 g/mol. The Balaban J connectivity index is 2.92. The summed E-state index contributed by atoms with van der Waals surface area (Å²) < 4.78 is 50.2. The molecule has 0 fully saturated rings. The molecule has 1 aromatic carbocycles. The van der Waals surface area contributed by atoms with Crippen molar-refractivity contribution in [2.24, 2.45) is 5.14 Å². The molecule has 5 nitrogen and oxygen atoms in total. The van der Waals surface area contributed by atoms with Crippen molar-refractivity contribution in [3.63, 3.8) is 0 Å². The second kappa shape index (κ2) is 4.62. The van der Waals surface area contributed by atoms with Crippen LogP contribution in [-0.4, -0.2) is 21.5 Å². The maximum absolute atomic E-state index is 11.8. The number of rotatable bonds is 4. The Bertz CT molecular complexity index is 476. The zero-order valence-corrected chi connectivity index (χ0v) is 8.88. The Kier molecular flexibility index (Phi) is 3.66. The summed E-state index contributed by atoms with van der Waals surface area (Å²) in [6.45, 7) is -0.784. The fourth-order valence-corrected chi connectivity index (χ4v) is 1.68. The third-order valence-electron chi connectivity index (χ3n) is 1.66. The third kappa shape index (κ3) is 3.31. The summed E-state index contributed by atoms with van der Waals surface area (Å²) in [6.07, 6.45) is -2.61. The van der Waals surface area contributed by atoms with E-state index in [1.807, 2.05) is 0 Å². The van der Waals surface area contributed by atoms with E-state index in [9.17, 15) is 17.2 Å². The van der Waals surface area contributed by atoms with E-state index >= 15 is 0 Å². The van der Waals surface area contributed by atoms with Crippen molar-refractivity contribution in [2.75, 3.05) is 12.3 Å². The Morgan fingerprint density at radius 3 is 2.44 bits per heavy atom. The number of anilines is 1. The van der Waals surface area contributed by atoms with E-state index in [2.05, 4.69) is 4.74 Å². The van der Waals surface area contributed by atoms with Gasteiger partial charge in [-0.05, 0) is 12.1 Å². The highest BCUT2D eigenvalue weighted by atomic mass is 32.2. The first-order valence-electron chi connectivity index (χ1n) is 4.14. The second-order valence-corrected chi connectivity index (χ2v) is 4.48. The van der Waals surface area contributed by atoms with Gasteiger partial charge in [-0.2, -0.15) is 0 Å². The normalized spacial score (nSPS) is 11.8. The molecule has 4 N–H and O–H groups in total. The van der Waals surface area contributed by atoms with E-state index < -0.39 is 23.1 Å².